The van der Waals surface area contributed by atoms with Gasteiger partial charge in [0.15, 0.2) is 0 Å². The van der Waals surface area contributed by atoms with Gasteiger partial charge >= 0.3 is 0 Å². The molecule has 1 rings (SSSR count). The van der Waals surface area contributed by atoms with E-state index in [2.05, 4.69) is 5.32 Å². The molecule has 1 aromatic carbocycles. The Morgan fingerprint density at radius 2 is 2.04 bits per heavy atom. The summed E-state index contributed by atoms with van der Waals surface area (Å²) in [4.78, 5) is 12.5. The number of carbonyl (C=O) groups excluding carboxylic acids is 1. The van der Waals surface area contributed by atoms with Crippen LogP contribution in [0.5, 0.6) is 0 Å². The topological polar surface area (TPSA) is 75.7 Å². The van der Waals surface area contributed by atoms with Crippen LogP contribution in [-0.2, 0) is 19.6 Å². The highest BCUT2D eigenvalue weighted by molar-refractivity contribution is 7.92. The van der Waals surface area contributed by atoms with Gasteiger partial charge in [0, 0.05) is 18.2 Å². The third-order valence-electron chi connectivity index (χ3n) is 3.46. The normalized spacial score (nSPS) is 12.9. The van der Waals surface area contributed by atoms with Crippen LogP contribution < -0.4 is 9.62 Å². The highest BCUT2D eigenvalue weighted by Gasteiger charge is 2.31. The SMILES string of the molecule is CC[C@@H](C(=O)NCCCOC(C)C)N(c1cccc(Cl)c1)S(C)(=O)=O. The minimum atomic E-state index is -3.65. The highest BCUT2D eigenvalue weighted by Crippen LogP contribution is 2.25. The minimum Gasteiger partial charge on any atom is -0.379 e. The molecule has 6 nitrogen and oxygen atoms in total. The van der Waals surface area contributed by atoms with Gasteiger partial charge in [0.25, 0.3) is 0 Å². The molecule has 1 aromatic rings. The number of ether oxygens (including phenoxy) is 1. The van der Waals surface area contributed by atoms with E-state index in [4.69, 9.17) is 16.3 Å². The van der Waals surface area contributed by atoms with Gasteiger partial charge in [-0.3, -0.25) is 9.10 Å². The Labute approximate surface area is 155 Å². The fourth-order valence-electron chi connectivity index (χ4n) is 2.39. The number of nitrogens with one attached hydrogen (secondary N) is 1. The second-order valence-corrected chi connectivity index (χ2v) is 8.32. The number of hydrogen-bond acceptors (Lipinski definition) is 4. The van der Waals surface area contributed by atoms with Crippen LogP contribution in [-0.4, -0.2) is 45.9 Å². The van der Waals surface area contributed by atoms with Crippen molar-refractivity contribution in [3.8, 4) is 0 Å². The molecular formula is C17H27ClN2O4S. The van der Waals surface area contributed by atoms with Gasteiger partial charge < -0.3 is 10.1 Å². The molecule has 0 unspecified atom stereocenters. The predicted molar refractivity (Wildman–Crippen MR) is 102 cm³/mol. The summed E-state index contributed by atoms with van der Waals surface area (Å²) in [5.74, 6) is -0.336. The first-order valence-electron chi connectivity index (χ1n) is 8.31. The lowest BCUT2D eigenvalue weighted by Gasteiger charge is -2.30. The fourth-order valence-corrected chi connectivity index (χ4v) is 3.78. The molecule has 0 saturated carbocycles. The van der Waals surface area contributed by atoms with Crippen molar-refractivity contribution in [3.63, 3.8) is 0 Å². The molecule has 25 heavy (non-hydrogen) atoms. The van der Waals surface area contributed by atoms with Crippen LogP contribution in [0.4, 0.5) is 5.69 Å². The summed E-state index contributed by atoms with van der Waals surface area (Å²) in [6, 6.07) is 5.64. The van der Waals surface area contributed by atoms with E-state index < -0.39 is 16.1 Å². The van der Waals surface area contributed by atoms with E-state index >= 15 is 0 Å². The average molecular weight is 391 g/mol. The van der Waals surface area contributed by atoms with Crippen molar-refractivity contribution in [2.24, 2.45) is 0 Å². The van der Waals surface area contributed by atoms with Crippen molar-refractivity contribution in [2.45, 2.75) is 45.8 Å². The number of hydrogen-bond donors (Lipinski definition) is 1. The van der Waals surface area contributed by atoms with Gasteiger partial charge in [-0.2, -0.15) is 0 Å². The van der Waals surface area contributed by atoms with Crippen molar-refractivity contribution in [2.75, 3.05) is 23.7 Å². The summed E-state index contributed by atoms with van der Waals surface area (Å²) in [6.45, 7) is 6.63. The molecule has 1 atom stereocenters. The summed E-state index contributed by atoms with van der Waals surface area (Å²) >= 11 is 5.97. The van der Waals surface area contributed by atoms with Gasteiger partial charge in [-0.05, 0) is 44.9 Å². The average Bonchev–Trinajstić information content (AvgIpc) is 2.50. The molecule has 0 aromatic heterocycles. The van der Waals surface area contributed by atoms with E-state index in [1.807, 2.05) is 13.8 Å². The second kappa shape index (κ2) is 9.99. The Morgan fingerprint density at radius 1 is 1.36 bits per heavy atom. The molecule has 0 bridgehead atoms. The first kappa shape index (κ1) is 21.7. The maximum Gasteiger partial charge on any atom is 0.243 e. The maximum absolute atomic E-state index is 12.5. The number of sulfonamides is 1. The molecule has 8 heteroatoms. The molecule has 142 valence electrons. The summed E-state index contributed by atoms with van der Waals surface area (Å²) in [5, 5.41) is 3.20. The summed E-state index contributed by atoms with van der Waals surface area (Å²) in [6.07, 6.45) is 2.23. The van der Waals surface area contributed by atoms with Gasteiger partial charge in [-0.15, -0.1) is 0 Å². The van der Waals surface area contributed by atoms with Crippen molar-refractivity contribution in [1.82, 2.24) is 5.32 Å². The quantitative estimate of drug-likeness (QED) is 0.623. The predicted octanol–water partition coefficient (Wildman–Crippen LogP) is 2.82. The standard InChI is InChI=1S/C17H27ClN2O4S/c1-5-16(17(21)19-10-7-11-24-13(2)3)20(25(4,22)23)15-9-6-8-14(18)12-15/h6,8-9,12-13,16H,5,7,10-11H2,1-4H3,(H,19,21)/t16-/m0/s1. The molecule has 0 fully saturated rings. The number of anilines is 1. The zero-order valence-electron chi connectivity index (χ0n) is 15.2. The Bertz CT molecular complexity index is 664. The number of halogens is 1. The van der Waals surface area contributed by atoms with E-state index in [1.165, 1.54) is 6.07 Å². The first-order chi connectivity index (χ1) is 11.7. The van der Waals surface area contributed by atoms with Gasteiger partial charge in [-0.1, -0.05) is 24.6 Å². The summed E-state index contributed by atoms with van der Waals surface area (Å²) < 4.78 is 31.1. The lowest BCUT2D eigenvalue weighted by molar-refractivity contribution is -0.122. The Morgan fingerprint density at radius 3 is 2.56 bits per heavy atom. The van der Waals surface area contributed by atoms with E-state index in [0.29, 0.717) is 36.7 Å². The largest absolute Gasteiger partial charge is 0.379 e. The zero-order valence-corrected chi connectivity index (χ0v) is 16.7. The monoisotopic (exact) mass is 390 g/mol. The fraction of sp³-hybridized carbons (Fsp3) is 0.588. The number of nitrogens with zero attached hydrogens (tertiary/aromatic N) is 1. The Balaban J connectivity index is 2.86. The Hall–Kier alpha value is -1.31. The zero-order chi connectivity index (χ0) is 19.0. The smallest absolute Gasteiger partial charge is 0.243 e. The summed E-state index contributed by atoms with van der Waals surface area (Å²) in [5.41, 5.74) is 0.375. The summed E-state index contributed by atoms with van der Waals surface area (Å²) in [7, 11) is -3.65. The molecule has 1 amide bonds. The van der Waals surface area contributed by atoms with E-state index in [-0.39, 0.29) is 12.0 Å². The van der Waals surface area contributed by atoms with Gasteiger partial charge in [-0.25, -0.2) is 8.42 Å². The van der Waals surface area contributed by atoms with E-state index in [9.17, 15) is 13.2 Å². The van der Waals surface area contributed by atoms with Crippen molar-refractivity contribution < 1.29 is 17.9 Å². The van der Waals surface area contributed by atoms with Gasteiger partial charge in [0.05, 0.1) is 18.0 Å². The second-order valence-electron chi connectivity index (χ2n) is 6.03. The first-order valence-corrected chi connectivity index (χ1v) is 10.5. The van der Waals surface area contributed by atoms with E-state index in [1.54, 1.807) is 25.1 Å². The Kier molecular flexibility index (Phi) is 8.68. The molecule has 0 heterocycles. The molecule has 0 aliphatic rings. The minimum absolute atomic E-state index is 0.141. The molecule has 0 radical (unpaired) electrons. The van der Waals surface area contributed by atoms with Crippen molar-refractivity contribution in [3.05, 3.63) is 29.3 Å². The number of amides is 1. The van der Waals surface area contributed by atoms with Crippen LogP contribution >= 0.6 is 11.6 Å². The number of carbonyl (C=O) groups is 1. The third-order valence-corrected chi connectivity index (χ3v) is 4.88. The number of rotatable bonds is 10. The lowest BCUT2D eigenvalue weighted by Crippen LogP contribution is -2.49. The van der Waals surface area contributed by atoms with Crippen molar-refractivity contribution >= 4 is 33.2 Å². The number of benzene rings is 1. The van der Waals surface area contributed by atoms with Crippen LogP contribution in [0.25, 0.3) is 0 Å². The van der Waals surface area contributed by atoms with Crippen LogP contribution in [0.2, 0.25) is 5.02 Å². The highest BCUT2D eigenvalue weighted by atomic mass is 35.5. The van der Waals surface area contributed by atoms with Gasteiger partial charge in [0.2, 0.25) is 15.9 Å². The van der Waals surface area contributed by atoms with Crippen LogP contribution in [0.1, 0.15) is 33.6 Å². The molecule has 0 saturated heterocycles. The third kappa shape index (κ3) is 7.22. The van der Waals surface area contributed by atoms with Crippen LogP contribution in [0, 0.1) is 0 Å². The molecule has 0 spiro atoms. The van der Waals surface area contributed by atoms with Crippen LogP contribution in [0.15, 0.2) is 24.3 Å². The van der Waals surface area contributed by atoms with Crippen molar-refractivity contribution in [1.29, 1.82) is 0 Å². The molecule has 0 aliphatic carbocycles. The van der Waals surface area contributed by atoms with Crippen LogP contribution in [0.3, 0.4) is 0 Å². The maximum atomic E-state index is 12.5. The molecular weight excluding hydrogens is 364 g/mol. The lowest BCUT2D eigenvalue weighted by atomic mass is 10.2. The van der Waals surface area contributed by atoms with E-state index in [0.717, 1.165) is 10.6 Å². The molecule has 0 aliphatic heterocycles. The van der Waals surface area contributed by atoms with Gasteiger partial charge in [0.1, 0.15) is 6.04 Å². The molecule has 1 N–H and O–H groups in total.